The van der Waals surface area contributed by atoms with Gasteiger partial charge in [-0.15, -0.1) is 0 Å². The van der Waals surface area contributed by atoms with Crippen molar-refractivity contribution in [3.05, 3.63) is 58.6 Å². The summed E-state index contributed by atoms with van der Waals surface area (Å²) in [6.07, 6.45) is 0.808. The lowest BCUT2D eigenvalue weighted by Gasteiger charge is -2.18. The first-order valence-corrected chi connectivity index (χ1v) is 8.82. The van der Waals surface area contributed by atoms with E-state index in [-0.39, 0.29) is 18.6 Å². The lowest BCUT2D eigenvalue weighted by molar-refractivity contribution is -0.123. The second kappa shape index (κ2) is 9.33. The first kappa shape index (κ1) is 18.3. The van der Waals surface area contributed by atoms with Crippen molar-refractivity contribution < 1.29 is 14.3 Å². The lowest BCUT2D eigenvalue weighted by atomic mass is 10.0. The molecule has 2 aromatic carbocycles. The van der Waals surface area contributed by atoms with Crippen LogP contribution in [0.4, 0.5) is 0 Å². The number of hydrogen-bond acceptors (Lipinski definition) is 3. The van der Waals surface area contributed by atoms with Gasteiger partial charge in [0.1, 0.15) is 0 Å². The number of ether oxygens (including phenoxy) is 2. The van der Waals surface area contributed by atoms with Crippen LogP contribution in [0.5, 0.6) is 11.5 Å². The molecule has 4 nitrogen and oxygen atoms in total. The van der Waals surface area contributed by atoms with Gasteiger partial charge in [-0.25, -0.2) is 0 Å². The third-order valence-electron chi connectivity index (χ3n) is 3.52. The van der Waals surface area contributed by atoms with Gasteiger partial charge in [-0.2, -0.15) is 0 Å². The van der Waals surface area contributed by atoms with E-state index in [0.29, 0.717) is 18.1 Å². The molecule has 1 N–H and O–H groups in total. The molecule has 0 bridgehead atoms. The summed E-state index contributed by atoms with van der Waals surface area (Å²) in [6.45, 7) is 4.46. The summed E-state index contributed by atoms with van der Waals surface area (Å²) in [5.41, 5.74) is 1.07. The number of hydrogen-bond donors (Lipinski definition) is 1. The Hall–Kier alpha value is -2.01. The molecule has 0 fully saturated rings. The molecule has 2 aromatic rings. The van der Waals surface area contributed by atoms with Gasteiger partial charge in [0, 0.05) is 4.47 Å². The van der Waals surface area contributed by atoms with E-state index in [1.165, 1.54) is 0 Å². The Labute approximate surface area is 151 Å². The smallest absolute Gasteiger partial charge is 0.258 e. The number of carbonyl (C=O) groups excluding carboxylic acids is 1. The fourth-order valence-corrected chi connectivity index (χ4v) is 2.60. The quantitative estimate of drug-likeness (QED) is 0.720. The summed E-state index contributed by atoms with van der Waals surface area (Å²) in [4.78, 5) is 12.2. The van der Waals surface area contributed by atoms with E-state index in [1.807, 2.05) is 56.3 Å². The van der Waals surface area contributed by atoms with Gasteiger partial charge in [-0.1, -0.05) is 47.1 Å². The molecule has 0 aliphatic heterocycles. The van der Waals surface area contributed by atoms with Gasteiger partial charge in [0.15, 0.2) is 18.1 Å². The summed E-state index contributed by atoms with van der Waals surface area (Å²) < 4.78 is 12.1. The first-order valence-electron chi connectivity index (χ1n) is 8.03. The largest absolute Gasteiger partial charge is 0.490 e. The van der Waals surface area contributed by atoms with Gasteiger partial charge in [0.25, 0.3) is 5.91 Å². The molecule has 0 aromatic heterocycles. The number of nitrogens with one attached hydrogen (secondary N) is 1. The number of carbonyl (C=O) groups is 1. The van der Waals surface area contributed by atoms with E-state index in [9.17, 15) is 4.79 Å². The van der Waals surface area contributed by atoms with E-state index in [0.717, 1.165) is 16.5 Å². The predicted octanol–water partition coefficient (Wildman–Crippen LogP) is 4.49. The zero-order valence-electron chi connectivity index (χ0n) is 13.9. The number of para-hydroxylation sites is 2. The number of halogens is 1. The molecule has 0 heterocycles. The normalized spacial score (nSPS) is 11.6. The van der Waals surface area contributed by atoms with Crippen molar-refractivity contribution in [2.75, 3.05) is 13.2 Å². The van der Waals surface area contributed by atoms with E-state index in [2.05, 4.69) is 21.2 Å². The van der Waals surface area contributed by atoms with Gasteiger partial charge >= 0.3 is 0 Å². The Balaban J connectivity index is 1.93. The molecule has 128 valence electrons. The Morgan fingerprint density at radius 2 is 1.67 bits per heavy atom. The highest BCUT2D eigenvalue weighted by atomic mass is 79.9. The average Bonchev–Trinajstić information content (AvgIpc) is 2.60. The molecule has 0 saturated carbocycles. The van der Waals surface area contributed by atoms with E-state index < -0.39 is 0 Å². The zero-order valence-corrected chi connectivity index (χ0v) is 15.5. The van der Waals surface area contributed by atoms with Crippen LogP contribution in [0.3, 0.4) is 0 Å². The Bertz CT molecular complexity index is 658. The first-order chi connectivity index (χ1) is 11.6. The molecule has 2 rings (SSSR count). The minimum atomic E-state index is -0.156. The van der Waals surface area contributed by atoms with Gasteiger partial charge in [-0.05, 0) is 43.2 Å². The van der Waals surface area contributed by atoms with Gasteiger partial charge in [0.2, 0.25) is 0 Å². The Kier molecular flexibility index (Phi) is 7.12. The standard InChI is InChI=1S/C19H22BrNO3/c1-3-16(14-9-11-15(20)12-10-14)21-19(22)13-24-18-8-6-5-7-17(18)23-4-2/h5-12,16H,3-4,13H2,1-2H3,(H,21,22). The lowest BCUT2D eigenvalue weighted by Crippen LogP contribution is -2.32. The van der Waals surface area contributed by atoms with E-state index >= 15 is 0 Å². The summed E-state index contributed by atoms with van der Waals surface area (Å²) in [5, 5.41) is 3.00. The van der Waals surface area contributed by atoms with Crippen LogP contribution >= 0.6 is 15.9 Å². The van der Waals surface area contributed by atoms with Crippen molar-refractivity contribution in [2.24, 2.45) is 0 Å². The van der Waals surface area contributed by atoms with E-state index in [4.69, 9.17) is 9.47 Å². The maximum atomic E-state index is 12.2. The topological polar surface area (TPSA) is 47.6 Å². The highest BCUT2D eigenvalue weighted by molar-refractivity contribution is 9.10. The Morgan fingerprint density at radius 3 is 2.25 bits per heavy atom. The van der Waals surface area contributed by atoms with Crippen LogP contribution in [0, 0.1) is 0 Å². The van der Waals surface area contributed by atoms with Crippen LogP contribution in [0.15, 0.2) is 53.0 Å². The fourth-order valence-electron chi connectivity index (χ4n) is 2.34. The van der Waals surface area contributed by atoms with Crippen LogP contribution in [0.2, 0.25) is 0 Å². The van der Waals surface area contributed by atoms with Crippen molar-refractivity contribution in [3.8, 4) is 11.5 Å². The SMILES string of the molecule is CCOc1ccccc1OCC(=O)NC(CC)c1ccc(Br)cc1. The predicted molar refractivity (Wildman–Crippen MR) is 98.4 cm³/mol. The molecule has 0 radical (unpaired) electrons. The average molecular weight is 392 g/mol. The summed E-state index contributed by atoms with van der Waals surface area (Å²) in [6, 6.07) is 15.3. The molecule has 0 saturated heterocycles. The van der Waals surface area contributed by atoms with Crippen molar-refractivity contribution >= 4 is 21.8 Å². The molecule has 1 amide bonds. The molecule has 0 spiro atoms. The third-order valence-corrected chi connectivity index (χ3v) is 4.05. The summed E-state index contributed by atoms with van der Waals surface area (Å²) in [5.74, 6) is 1.06. The minimum Gasteiger partial charge on any atom is -0.490 e. The van der Waals surface area contributed by atoms with E-state index in [1.54, 1.807) is 6.07 Å². The molecule has 5 heteroatoms. The Morgan fingerprint density at radius 1 is 1.04 bits per heavy atom. The minimum absolute atomic E-state index is 0.0312. The van der Waals surface area contributed by atoms with Crippen LogP contribution in [-0.4, -0.2) is 19.1 Å². The van der Waals surface area contributed by atoms with Gasteiger partial charge < -0.3 is 14.8 Å². The molecular formula is C19H22BrNO3. The van der Waals surface area contributed by atoms with Crippen molar-refractivity contribution in [1.29, 1.82) is 0 Å². The van der Waals surface area contributed by atoms with Crippen molar-refractivity contribution in [1.82, 2.24) is 5.32 Å². The van der Waals surface area contributed by atoms with Crippen LogP contribution in [-0.2, 0) is 4.79 Å². The number of benzene rings is 2. The van der Waals surface area contributed by atoms with Crippen LogP contribution in [0.25, 0.3) is 0 Å². The zero-order chi connectivity index (χ0) is 17.4. The molecular weight excluding hydrogens is 370 g/mol. The second-order valence-electron chi connectivity index (χ2n) is 5.25. The fraction of sp³-hybridized carbons (Fsp3) is 0.316. The molecule has 0 aliphatic carbocycles. The number of amides is 1. The summed E-state index contributed by atoms with van der Waals surface area (Å²) >= 11 is 3.42. The van der Waals surface area contributed by atoms with Crippen LogP contribution < -0.4 is 14.8 Å². The second-order valence-corrected chi connectivity index (χ2v) is 6.16. The van der Waals surface area contributed by atoms with Gasteiger partial charge in [0.05, 0.1) is 12.6 Å². The highest BCUT2D eigenvalue weighted by Gasteiger charge is 2.14. The van der Waals surface area contributed by atoms with Crippen molar-refractivity contribution in [2.45, 2.75) is 26.3 Å². The van der Waals surface area contributed by atoms with Gasteiger partial charge in [-0.3, -0.25) is 4.79 Å². The number of rotatable bonds is 8. The maximum absolute atomic E-state index is 12.2. The third kappa shape index (κ3) is 5.27. The maximum Gasteiger partial charge on any atom is 0.258 e. The summed E-state index contributed by atoms with van der Waals surface area (Å²) in [7, 11) is 0. The molecule has 1 atom stereocenters. The van der Waals surface area contributed by atoms with Crippen LogP contribution in [0.1, 0.15) is 31.9 Å². The van der Waals surface area contributed by atoms with Crippen molar-refractivity contribution in [3.63, 3.8) is 0 Å². The monoisotopic (exact) mass is 391 g/mol. The highest BCUT2D eigenvalue weighted by Crippen LogP contribution is 2.26. The molecule has 24 heavy (non-hydrogen) atoms. The molecule has 1 unspecified atom stereocenters. The molecule has 0 aliphatic rings.